The summed E-state index contributed by atoms with van der Waals surface area (Å²) in [6.45, 7) is 8.00. The van der Waals surface area contributed by atoms with Crippen molar-refractivity contribution in [1.82, 2.24) is 0 Å². The SMILES string of the molecule is C=CC=CCC(=C)COC. The molecule has 0 aromatic rings. The molecule has 0 spiro atoms. The molecule has 0 aromatic heterocycles. The van der Waals surface area contributed by atoms with Crippen LogP contribution in [0.2, 0.25) is 0 Å². The van der Waals surface area contributed by atoms with E-state index in [-0.39, 0.29) is 0 Å². The van der Waals surface area contributed by atoms with Gasteiger partial charge in [-0.05, 0) is 12.0 Å². The van der Waals surface area contributed by atoms with Crippen molar-refractivity contribution in [2.75, 3.05) is 13.7 Å². The fraction of sp³-hybridized carbons (Fsp3) is 0.333. The second-order valence-electron chi connectivity index (χ2n) is 2.05. The van der Waals surface area contributed by atoms with Gasteiger partial charge >= 0.3 is 0 Å². The van der Waals surface area contributed by atoms with Gasteiger partial charge in [0.1, 0.15) is 0 Å². The van der Waals surface area contributed by atoms with Crippen molar-refractivity contribution in [3.05, 3.63) is 37.0 Å². The normalized spacial score (nSPS) is 10.1. The maximum Gasteiger partial charge on any atom is 0.0673 e. The van der Waals surface area contributed by atoms with E-state index in [1.54, 1.807) is 13.2 Å². The van der Waals surface area contributed by atoms with Crippen LogP contribution in [0.3, 0.4) is 0 Å². The molecule has 0 fully saturated rings. The van der Waals surface area contributed by atoms with Crippen LogP contribution in [0.15, 0.2) is 37.0 Å². The second-order valence-corrected chi connectivity index (χ2v) is 2.05. The van der Waals surface area contributed by atoms with Gasteiger partial charge in [-0.3, -0.25) is 0 Å². The van der Waals surface area contributed by atoms with E-state index in [4.69, 9.17) is 4.74 Å². The van der Waals surface area contributed by atoms with E-state index in [1.807, 2.05) is 12.2 Å². The lowest BCUT2D eigenvalue weighted by Crippen LogP contribution is -1.90. The fourth-order valence-electron chi connectivity index (χ4n) is 0.594. The molecule has 0 N–H and O–H groups in total. The van der Waals surface area contributed by atoms with Crippen molar-refractivity contribution in [3.63, 3.8) is 0 Å². The predicted octanol–water partition coefficient (Wildman–Crippen LogP) is 2.32. The van der Waals surface area contributed by atoms with Crippen LogP contribution >= 0.6 is 0 Å². The number of hydrogen-bond acceptors (Lipinski definition) is 1. The lowest BCUT2D eigenvalue weighted by Gasteiger charge is -1.97. The molecule has 0 saturated carbocycles. The van der Waals surface area contributed by atoms with Crippen LogP contribution in [-0.4, -0.2) is 13.7 Å². The van der Waals surface area contributed by atoms with E-state index in [2.05, 4.69) is 13.2 Å². The summed E-state index contributed by atoms with van der Waals surface area (Å²) in [6, 6.07) is 0. The first-order chi connectivity index (χ1) is 4.81. The van der Waals surface area contributed by atoms with E-state index >= 15 is 0 Å². The molecule has 0 aliphatic rings. The number of rotatable bonds is 5. The van der Waals surface area contributed by atoms with Gasteiger partial charge in [0.15, 0.2) is 0 Å². The van der Waals surface area contributed by atoms with Crippen molar-refractivity contribution in [1.29, 1.82) is 0 Å². The summed E-state index contributed by atoms with van der Waals surface area (Å²) in [4.78, 5) is 0. The highest BCUT2D eigenvalue weighted by molar-refractivity contribution is 5.06. The molecule has 0 radical (unpaired) electrons. The zero-order chi connectivity index (χ0) is 7.82. The van der Waals surface area contributed by atoms with Gasteiger partial charge < -0.3 is 4.74 Å². The Morgan fingerprint density at radius 2 is 2.30 bits per heavy atom. The minimum Gasteiger partial charge on any atom is -0.380 e. The number of ether oxygens (including phenoxy) is 1. The standard InChI is InChI=1S/C9H14O/c1-4-5-6-7-9(2)8-10-3/h4-6H,1-2,7-8H2,3H3. The van der Waals surface area contributed by atoms with Crippen molar-refractivity contribution >= 4 is 0 Å². The molecule has 1 heteroatoms. The van der Waals surface area contributed by atoms with Crippen LogP contribution in [0.25, 0.3) is 0 Å². The van der Waals surface area contributed by atoms with Gasteiger partial charge in [-0.15, -0.1) is 0 Å². The topological polar surface area (TPSA) is 9.23 Å². The van der Waals surface area contributed by atoms with Crippen molar-refractivity contribution in [2.45, 2.75) is 6.42 Å². The smallest absolute Gasteiger partial charge is 0.0673 e. The largest absolute Gasteiger partial charge is 0.380 e. The highest BCUT2D eigenvalue weighted by Gasteiger charge is 1.86. The average molecular weight is 138 g/mol. The number of allylic oxidation sites excluding steroid dienone is 3. The van der Waals surface area contributed by atoms with Gasteiger partial charge in [-0.1, -0.05) is 31.4 Å². The van der Waals surface area contributed by atoms with Crippen molar-refractivity contribution in [2.24, 2.45) is 0 Å². The van der Waals surface area contributed by atoms with Crippen LogP contribution < -0.4 is 0 Å². The first-order valence-electron chi connectivity index (χ1n) is 3.24. The molecule has 0 rings (SSSR count). The Morgan fingerprint density at radius 3 is 2.80 bits per heavy atom. The summed E-state index contributed by atoms with van der Waals surface area (Å²) in [5.74, 6) is 0. The molecule has 0 amide bonds. The van der Waals surface area contributed by atoms with Crippen LogP contribution in [0, 0.1) is 0 Å². The van der Waals surface area contributed by atoms with Crippen LogP contribution in [0.4, 0.5) is 0 Å². The van der Waals surface area contributed by atoms with E-state index in [1.165, 1.54) is 0 Å². The maximum absolute atomic E-state index is 4.88. The third-order valence-corrected chi connectivity index (χ3v) is 1.03. The molecule has 0 heterocycles. The molecule has 0 aliphatic heterocycles. The molecule has 1 nitrogen and oxygen atoms in total. The first-order valence-corrected chi connectivity index (χ1v) is 3.24. The lowest BCUT2D eigenvalue weighted by atomic mass is 10.2. The Bertz CT molecular complexity index is 134. The minimum absolute atomic E-state index is 0.640. The van der Waals surface area contributed by atoms with Gasteiger partial charge in [0.05, 0.1) is 6.61 Å². The summed E-state index contributed by atoms with van der Waals surface area (Å²) in [7, 11) is 1.67. The zero-order valence-electron chi connectivity index (χ0n) is 6.47. The van der Waals surface area contributed by atoms with Gasteiger partial charge in [0.25, 0.3) is 0 Å². The summed E-state index contributed by atoms with van der Waals surface area (Å²) in [5, 5.41) is 0. The maximum atomic E-state index is 4.88. The van der Waals surface area contributed by atoms with E-state index in [0.29, 0.717) is 6.61 Å². The monoisotopic (exact) mass is 138 g/mol. The third kappa shape index (κ3) is 5.32. The zero-order valence-corrected chi connectivity index (χ0v) is 6.47. The summed E-state index contributed by atoms with van der Waals surface area (Å²) < 4.78 is 4.88. The summed E-state index contributed by atoms with van der Waals surface area (Å²) in [5.41, 5.74) is 1.08. The quantitative estimate of drug-likeness (QED) is 0.418. The molecular formula is C9H14O. The Morgan fingerprint density at radius 1 is 1.60 bits per heavy atom. The fourth-order valence-corrected chi connectivity index (χ4v) is 0.594. The minimum atomic E-state index is 0.640. The van der Waals surface area contributed by atoms with Gasteiger partial charge in [0, 0.05) is 7.11 Å². The summed E-state index contributed by atoms with van der Waals surface area (Å²) in [6.07, 6.45) is 6.54. The Labute approximate surface area is 62.7 Å². The van der Waals surface area contributed by atoms with Crippen LogP contribution in [0.5, 0.6) is 0 Å². The van der Waals surface area contributed by atoms with E-state index in [9.17, 15) is 0 Å². The van der Waals surface area contributed by atoms with Crippen LogP contribution in [-0.2, 0) is 4.74 Å². The Hall–Kier alpha value is -0.820. The van der Waals surface area contributed by atoms with Crippen molar-refractivity contribution < 1.29 is 4.74 Å². The summed E-state index contributed by atoms with van der Waals surface area (Å²) >= 11 is 0. The molecule has 56 valence electrons. The predicted molar refractivity (Wildman–Crippen MR) is 45.0 cm³/mol. The molecular weight excluding hydrogens is 124 g/mol. The Balaban J connectivity index is 3.38. The molecule has 0 atom stereocenters. The molecule has 0 saturated heterocycles. The van der Waals surface area contributed by atoms with Gasteiger partial charge in [0.2, 0.25) is 0 Å². The van der Waals surface area contributed by atoms with Crippen molar-refractivity contribution in [3.8, 4) is 0 Å². The molecule has 0 unspecified atom stereocenters. The van der Waals surface area contributed by atoms with Gasteiger partial charge in [-0.2, -0.15) is 0 Å². The number of hydrogen-bond donors (Lipinski definition) is 0. The first kappa shape index (κ1) is 9.18. The van der Waals surface area contributed by atoms with E-state index < -0.39 is 0 Å². The molecule has 10 heavy (non-hydrogen) atoms. The second kappa shape index (κ2) is 6.30. The molecule has 0 aliphatic carbocycles. The molecule has 0 aromatic carbocycles. The third-order valence-electron chi connectivity index (χ3n) is 1.03. The highest BCUT2D eigenvalue weighted by Crippen LogP contribution is 1.98. The highest BCUT2D eigenvalue weighted by atomic mass is 16.5. The molecule has 0 bridgehead atoms. The average Bonchev–Trinajstić information content (AvgIpc) is 1.89. The Kier molecular flexibility index (Phi) is 5.79. The lowest BCUT2D eigenvalue weighted by molar-refractivity contribution is 0.224. The van der Waals surface area contributed by atoms with Crippen LogP contribution in [0.1, 0.15) is 6.42 Å². The van der Waals surface area contributed by atoms with Gasteiger partial charge in [-0.25, -0.2) is 0 Å². The van der Waals surface area contributed by atoms with E-state index in [0.717, 1.165) is 12.0 Å². The number of methoxy groups -OCH3 is 1.